The van der Waals surface area contributed by atoms with Crippen LogP contribution in [-0.4, -0.2) is 11.1 Å². The molecular formula is C11H16O2. The van der Waals surface area contributed by atoms with E-state index in [0.29, 0.717) is 0 Å². The van der Waals surface area contributed by atoms with Crippen molar-refractivity contribution in [1.29, 1.82) is 0 Å². The molecule has 0 aliphatic heterocycles. The van der Waals surface area contributed by atoms with Crippen LogP contribution in [0.4, 0.5) is 0 Å². The molecule has 0 aliphatic carbocycles. The van der Waals surface area contributed by atoms with Crippen molar-refractivity contribution >= 4 is 5.97 Å². The van der Waals surface area contributed by atoms with E-state index in [9.17, 15) is 4.79 Å². The Morgan fingerprint density at radius 1 is 1.23 bits per heavy atom. The minimum Gasteiger partial charge on any atom is -0.481 e. The molecule has 0 atom stereocenters. The van der Waals surface area contributed by atoms with E-state index in [4.69, 9.17) is 5.11 Å². The first-order valence-corrected chi connectivity index (χ1v) is 4.46. The minimum absolute atomic E-state index is 0.111. The molecule has 0 aromatic heterocycles. The summed E-state index contributed by atoms with van der Waals surface area (Å²) >= 11 is 0. The van der Waals surface area contributed by atoms with Gasteiger partial charge in [0.1, 0.15) is 0 Å². The van der Waals surface area contributed by atoms with E-state index >= 15 is 0 Å². The Hall–Kier alpha value is -1.31. The van der Waals surface area contributed by atoms with Crippen molar-refractivity contribution in [2.45, 2.75) is 27.2 Å². The third kappa shape index (κ3) is 5.01. The molecule has 0 spiro atoms. The van der Waals surface area contributed by atoms with Crippen LogP contribution in [0.15, 0.2) is 24.3 Å². The van der Waals surface area contributed by atoms with Gasteiger partial charge in [-0.3, -0.25) is 4.79 Å². The third-order valence-corrected chi connectivity index (χ3v) is 1.48. The van der Waals surface area contributed by atoms with Crippen molar-refractivity contribution in [1.82, 2.24) is 0 Å². The van der Waals surface area contributed by atoms with Gasteiger partial charge < -0.3 is 5.11 Å². The molecule has 2 heteroatoms. The smallest absolute Gasteiger partial charge is 0.307 e. The molecule has 2 nitrogen and oxygen atoms in total. The number of hydrogen-bond donors (Lipinski definition) is 1. The zero-order chi connectivity index (χ0) is 10.3. The maximum Gasteiger partial charge on any atom is 0.307 e. The zero-order valence-corrected chi connectivity index (χ0v) is 8.37. The zero-order valence-electron chi connectivity index (χ0n) is 8.37. The highest BCUT2D eigenvalue weighted by Crippen LogP contribution is 2.03. The molecule has 0 aliphatic rings. The molecule has 0 radical (unpaired) electrons. The van der Waals surface area contributed by atoms with Crippen molar-refractivity contribution in [2.75, 3.05) is 0 Å². The monoisotopic (exact) mass is 180 g/mol. The van der Waals surface area contributed by atoms with E-state index in [2.05, 4.69) is 0 Å². The maximum atomic E-state index is 10.3. The molecule has 72 valence electrons. The average molecular weight is 180 g/mol. The molecule has 1 rings (SSSR count). The number of hydrogen-bond acceptors (Lipinski definition) is 1. The van der Waals surface area contributed by atoms with Crippen molar-refractivity contribution in [3.63, 3.8) is 0 Å². The van der Waals surface area contributed by atoms with Crippen LogP contribution in [0.3, 0.4) is 0 Å². The van der Waals surface area contributed by atoms with Gasteiger partial charge >= 0.3 is 5.97 Å². The largest absolute Gasteiger partial charge is 0.481 e. The molecule has 13 heavy (non-hydrogen) atoms. The summed E-state index contributed by atoms with van der Waals surface area (Å²) in [5, 5.41) is 8.44. The Kier molecular flexibility index (Phi) is 5.60. The number of rotatable bonds is 2. The van der Waals surface area contributed by atoms with Crippen LogP contribution in [-0.2, 0) is 11.2 Å². The molecule has 1 aromatic rings. The Labute approximate surface area is 79.2 Å². The highest BCUT2D eigenvalue weighted by atomic mass is 16.4. The summed E-state index contributed by atoms with van der Waals surface area (Å²) in [6.45, 7) is 5.98. The van der Waals surface area contributed by atoms with Gasteiger partial charge in [-0.05, 0) is 12.5 Å². The fourth-order valence-corrected chi connectivity index (χ4v) is 0.881. The lowest BCUT2D eigenvalue weighted by atomic mass is 10.1. The highest BCUT2D eigenvalue weighted by molar-refractivity contribution is 5.70. The summed E-state index contributed by atoms with van der Waals surface area (Å²) in [6, 6.07) is 7.50. The van der Waals surface area contributed by atoms with Crippen LogP contribution in [0.2, 0.25) is 0 Å². The predicted molar refractivity (Wildman–Crippen MR) is 53.9 cm³/mol. The maximum absolute atomic E-state index is 10.3. The lowest BCUT2D eigenvalue weighted by Crippen LogP contribution is -1.99. The Balaban J connectivity index is 0.000000671. The second-order valence-electron chi connectivity index (χ2n) is 2.56. The number of aliphatic carboxylic acids is 1. The number of benzene rings is 1. The van der Waals surface area contributed by atoms with E-state index < -0.39 is 5.97 Å². The number of aryl methyl sites for hydroxylation is 1. The fourth-order valence-electron chi connectivity index (χ4n) is 0.881. The molecule has 0 saturated heterocycles. The minimum atomic E-state index is -0.783. The van der Waals surface area contributed by atoms with Crippen LogP contribution >= 0.6 is 0 Å². The SMILES string of the molecule is CC.Cc1ccc(CC(=O)O)cc1. The van der Waals surface area contributed by atoms with Crippen molar-refractivity contribution in [3.8, 4) is 0 Å². The highest BCUT2D eigenvalue weighted by Gasteiger charge is 1.97. The summed E-state index contributed by atoms with van der Waals surface area (Å²) in [5.74, 6) is -0.783. The fraction of sp³-hybridized carbons (Fsp3) is 0.364. The van der Waals surface area contributed by atoms with Crippen molar-refractivity contribution < 1.29 is 9.90 Å². The molecule has 1 aromatic carbocycles. The molecule has 1 N–H and O–H groups in total. The van der Waals surface area contributed by atoms with Crippen LogP contribution in [0.25, 0.3) is 0 Å². The normalized spacial score (nSPS) is 8.54. The van der Waals surface area contributed by atoms with Gasteiger partial charge in [-0.2, -0.15) is 0 Å². The number of carbonyl (C=O) groups is 1. The van der Waals surface area contributed by atoms with E-state index in [-0.39, 0.29) is 6.42 Å². The number of carboxylic acids is 1. The van der Waals surface area contributed by atoms with E-state index in [1.807, 2.05) is 45.0 Å². The standard InChI is InChI=1S/C9H10O2.C2H6/c1-7-2-4-8(5-3-7)6-9(10)11;1-2/h2-5H,6H2,1H3,(H,10,11);1-2H3. The van der Waals surface area contributed by atoms with Gasteiger partial charge in [0, 0.05) is 0 Å². The average Bonchev–Trinajstić information content (AvgIpc) is 2.12. The van der Waals surface area contributed by atoms with Gasteiger partial charge in [-0.15, -0.1) is 0 Å². The summed E-state index contributed by atoms with van der Waals surface area (Å²) < 4.78 is 0. The molecular weight excluding hydrogens is 164 g/mol. The molecule has 0 bridgehead atoms. The lowest BCUT2D eigenvalue weighted by Gasteiger charge is -1.96. The van der Waals surface area contributed by atoms with E-state index in [0.717, 1.165) is 11.1 Å². The number of carboxylic acid groups (broad SMARTS) is 1. The quantitative estimate of drug-likeness (QED) is 0.759. The molecule has 0 unspecified atom stereocenters. The molecule has 0 fully saturated rings. The van der Waals surface area contributed by atoms with Crippen LogP contribution in [0.5, 0.6) is 0 Å². The Morgan fingerprint density at radius 3 is 2.08 bits per heavy atom. The summed E-state index contributed by atoms with van der Waals surface area (Å²) in [4.78, 5) is 10.3. The molecule has 0 heterocycles. The van der Waals surface area contributed by atoms with E-state index in [1.54, 1.807) is 0 Å². The molecule has 0 amide bonds. The van der Waals surface area contributed by atoms with Gasteiger partial charge in [-0.1, -0.05) is 43.7 Å². The first-order valence-electron chi connectivity index (χ1n) is 4.46. The summed E-state index contributed by atoms with van der Waals surface area (Å²) in [5.41, 5.74) is 2.00. The summed E-state index contributed by atoms with van der Waals surface area (Å²) in [6.07, 6.45) is 0.111. The topological polar surface area (TPSA) is 37.3 Å². The van der Waals surface area contributed by atoms with Gasteiger partial charge in [0.15, 0.2) is 0 Å². The first kappa shape index (κ1) is 11.7. The second kappa shape index (κ2) is 6.23. The summed E-state index contributed by atoms with van der Waals surface area (Å²) in [7, 11) is 0. The van der Waals surface area contributed by atoms with Gasteiger partial charge in [-0.25, -0.2) is 0 Å². The molecule has 0 saturated carbocycles. The Morgan fingerprint density at radius 2 is 1.69 bits per heavy atom. The van der Waals surface area contributed by atoms with Crippen LogP contribution < -0.4 is 0 Å². The Bertz CT molecular complexity index is 249. The van der Waals surface area contributed by atoms with E-state index in [1.165, 1.54) is 0 Å². The predicted octanol–water partition coefficient (Wildman–Crippen LogP) is 2.65. The van der Waals surface area contributed by atoms with Crippen molar-refractivity contribution in [2.24, 2.45) is 0 Å². The third-order valence-electron chi connectivity index (χ3n) is 1.48. The van der Waals surface area contributed by atoms with Crippen LogP contribution in [0, 0.1) is 6.92 Å². The van der Waals surface area contributed by atoms with Crippen LogP contribution in [0.1, 0.15) is 25.0 Å². The van der Waals surface area contributed by atoms with Gasteiger partial charge in [0.25, 0.3) is 0 Å². The van der Waals surface area contributed by atoms with Crippen molar-refractivity contribution in [3.05, 3.63) is 35.4 Å². The van der Waals surface area contributed by atoms with Gasteiger partial charge in [0.2, 0.25) is 0 Å². The second-order valence-corrected chi connectivity index (χ2v) is 2.56. The van der Waals surface area contributed by atoms with Gasteiger partial charge in [0.05, 0.1) is 6.42 Å². The lowest BCUT2D eigenvalue weighted by molar-refractivity contribution is -0.136. The first-order chi connectivity index (χ1) is 6.18.